The van der Waals surface area contributed by atoms with E-state index in [9.17, 15) is 20.1 Å². The van der Waals surface area contributed by atoms with Crippen molar-refractivity contribution in [3.8, 4) is 0 Å². The number of hydrogen-bond acceptors (Lipinski definition) is 9. The van der Waals surface area contributed by atoms with E-state index >= 15 is 0 Å². The van der Waals surface area contributed by atoms with Crippen molar-refractivity contribution in [1.29, 1.82) is 0 Å². The van der Waals surface area contributed by atoms with Gasteiger partial charge in [0.05, 0.1) is 24.4 Å². The zero-order valence-corrected chi connectivity index (χ0v) is 25.7. The van der Waals surface area contributed by atoms with Gasteiger partial charge in [-0.25, -0.2) is 0 Å². The van der Waals surface area contributed by atoms with Gasteiger partial charge in [-0.15, -0.1) is 0 Å². The molecule has 9 nitrogen and oxygen atoms in total. The van der Waals surface area contributed by atoms with E-state index in [1.165, 1.54) is 6.26 Å². The molecule has 6 aliphatic rings. The van der Waals surface area contributed by atoms with E-state index in [4.69, 9.17) is 23.7 Å². The topological polar surface area (TPSA) is 127 Å². The van der Waals surface area contributed by atoms with Crippen molar-refractivity contribution in [3.63, 3.8) is 0 Å². The monoisotopic (exact) mass is 616 g/mol. The zero-order chi connectivity index (χ0) is 31.6. The van der Waals surface area contributed by atoms with Gasteiger partial charge in [0.2, 0.25) is 0 Å². The molecule has 0 spiro atoms. The van der Waals surface area contributed by atoms with Crippen molar-refractivity contribution in [3.05, 3.63) is 90.2 Å². The summed E-state index contributed by atoms with van der Waals surface area (Å²) in [5.74, 6) is -5.33. The van der Waals surface area contributed by atoms with Gasteiger partial charge in [-0.05, 0) is 48.8 Å². The van der Waals surface area contributed by atoms with Gasteiger partial charge in [0.25, 0.3) is 0 Å². The van der Waals surface area contributed by atoms with Gasteiger partial charge in [-0.1, -0.05) is 81.1 Å². The Labute approximate surface area is 262 Å². The molecule has 13 atom stereocenters. The average Bonchev–Trinajstić information content (AvgIpc) is 3.64. The van der Waals surface area contributed by atoms with Crippen LogP contribution in [0.1, 0.15) is 44.7 Å². The summed E-state index contributed by atoms with van der Waals surface area (Å²) in [6.45, 7) is 9.65. The second-order valence-corrected chi connectivity index (χ2v) is 14.2. The number of carbonyl (C=O) groups excluding carboxylic acids is 1. The molecule has 3 aliphatic carbocycles. The highest BCUT2D eigenvalue weighted by Gasteiger charge is 2.89. The smallest absolute Gasteiger partial charge is 0.317 e. The van der Waals surface area contributed by atoms with Crippen molar-refractivity contribution in [1.82, 2.24) is 0 Å². The lowest BCUT2D eigenvalue weighted by atomic mass is 9.53. The molecule has 3 N–H and O–H groups in total. The fraction of sp³-hybridized carbons (Fsp3) is 0.528. The number of epoxide rings is 1. The Bertz CT molecular complexity index is 1560. The van der Waals surface area contributed by atoms with Crippen LogP contribution in [0.4, 0.5) is 0 Å². The number of aliphatic hydroxyl groups excluding tert-OH is 2. The molecule has 0 radical (unpaired) electrons. The molecule has 0 amide bonds. The lowest BCUT2D eigenvalue weighted by molar-refractivity contribution is -0.443. The lowest BCUT2D eigenvalue weighted by Gasteiger charge is -2.60. The van der Waals surface area contributed by atoms with E-state index in [1.807, 2.05) is 74.5 Å². The highest BCUT2D eigenvalue weighted by atomic mass is 16.9. The molecule has 3 aliphatic heterocycles. The Balaban J connectivity index is 1.27. The molecule has 6 fully saturated rings. The Kier molecular flexibility index (Phi) is 6.28. The highest BCUT2D eigenvalue weighted by molar-refractivity contribution is 5.76. The van der Waals surface area contributed by atoms with E-state index in [2.05, 4.69) is 13.5 Å². The molecule has 3 bridgehead atoms. The normalized spacial score (nSPS) is 48.8. The first-order chi connectivity index (χ1) is 21.5. The second kappa shape index (κ2) is 9.58. The molecule has 45 heavy (non-hydrogen) atoms. The highest BCUT2D eigenvalue weighted by Crippen LogP contribution is 2.75. The minimum atomic E-state index is -2.06. The van der Waals surface area contributed by atoms with Gasteiger partial charge >= 0.3 is 11.9 Å². The number of hydrogen-bond donors (Lipinski definition) is 3. The number of esters is 1. The van der Waals surface area contributed by atoms with Crippen LogP contribution < -0.4 is 0 Å². The maximum absolute atomic E-state index is 13.9. The summed E-state index contributed by atoms with van der Waals surface area (Å²) in [4.78, 5) is 13.9. The number of rotatable bonds is 6. The quantitative estimate of drug-likeness (QED) is 0.193. The molecule has 238 valence electrons. The van der Waals surface area contributed by atoms with E-state index in [0.717, 1.165) is 11.1 Å². The number of ether oxygens (including phenoxy) is 5. The average molecular weight is 617 g/mol. The molecule has 2 aromatic rings. The van der Waals surface area contributed by atoms with Crippen LogP contribution in [-0.4, -0.2) is 68.6 Å². The number of fused-ring (bicyclic) bond motifs is 3. The molecule has 2 aromatic carbocycles. The van der Waals surface area contributed by atoms with Crippen molar-refractivity contribution in [2.75, 3.05) is 6.61 Å². The van der Waals surface area contributed by atoms with Crippen LogP contribution in [-0.2, 0) is 34.5 Å². The van der Waals surface area contributed by atoms with Crippen LogP contribution in [0.15, 0.2) is 79.1 Å². The Hall–Kier alpha value is -2.89. The van der Waals surface area contributed by atoms with Crippen molar-refractivity contribution < 1.29 is 43.8 Å². The van der Waals surface area contributed by atoms with E-state index < -0.39 is 82.9 Å². The summed E-state index contributed by atoms with van der Waals surface area (Å²) in [6.07, 6.45) is 0.909. The number of carbonyl (C=O) groups is 1. The predicted molar refractivity (Wildman–Crippen MR) is 161 cm³/mol. The molecule has 3 saturated carbocycles. The van der Waals surface area contributed by atoms with Crippen LogP contribution in [0.5, 0.6) is 0 Å². The fourth-order valence-electron chi connectivity index (χ4n) is 10.0. The molecule has 9 heteroatoms. The second-order valence-electron chi connectivity index (χ2n) is 14.2. The molecule has 8 rings (SSSR count). The molecule has 3 heterocycles. The minimum absolute atomic E-state index is 0.243. The Morgan fingerprint density at radius 3 is 2.40 bits per heavy atom. The predicted octanol–water partition coefficient (Wildman–Crippen LogP) is 3.67. The number of aliphatic hydroxyl groups is 3. The third-order valence-corrected chi connectivity index (χ3v) is 12.0. The largest absolute Gasteiger partial charge is 0.434 e. The van der Waals surface area contributed by atoms with Crippen LogP contribution >= 0.6 is 0 Å². The van der Waals surface area contributed by atoms with Crippen molar-refractivity contribution in [2.45, 2.75) is 80.3 Å². The van der Waals surface area contributed by atoms with Crippen molar-refractivity contribution >= 4 is 12.0 Å². The molecular weight excluding hydrogens is 576 g/mol. The molecule has 0 aromatic heterocycles. The Morgan fingerprint density at radius 2 is 1.73 bits per heavy atom. The van der Waals surface area contributed by atoms with E-state index in [0.29, 0.717) is 18.4 Å². The molecule has 3 saturated heterocycles. The maximum Gasteiger partial charge on any atom is 0.317 e. The Morgan fingerprint density at radius 1 is 1.04 bits per heavy atom. The summed E-state index contributed by atoms with van der Waals surface area (Å²) in [7, 11) is 0. The van der Waals surface area contributed by atoms with Gasteiger partial charge in [-0.2, -0.15) is 0 Å². The summed E-state index contributed by atoms with van der Waals surface area (Å²) in [6, 6.07) is 18.9. The van der Waals surface area contributed by atoms with Gasteiger partial charge in [0.15, 0.2) is 0 Å². The van der Waals surface area contributed by atoms with Crippen LogP contribution in [0.3, 0.4) is 0 Å². The van der Waals surface area contributed by atoms with Crippen LogP contribution in [0.25, 0.3) is 6.08 Å². The third-order valence-electron chi connectivity index (χ3n) is 12.0. The first-order valence-corrected chi connectivity index (χ1v) is 15.9. The lowest BCUT2D eigenvalue weighted by Crippen LogP contribution is -2.72. The summed E-state index contributed by atoms with van der Waals surface area (Å²) < 4.78 is 32.9. The van der Waals surface area contributed by atoms with Gasteiger partial charge in [0.1, 0.15) is 35.1 Å². The zero-order valence-electron chi connectivity index (χ0n) is 25.7. The summed E-state index contributed by atoms with van der Waals surface area (Å²) >= 11 is 0. The van der Waals surface area contributed by atoms with Gasteiger partial charge in [0, 0.05) is 17.4 Å². The fourth-order valence-corrected chi connectivity index (χ4v) is 10.0. The van der Waals surface area contributed by atoms with Gasteiger partial charge in [-0.3, -0.25) is 4.79 Å². The van der Waals surface area contributed by atoms with E-state index in [1.54, 1.807) is 6.08 Å². The SMILES string of the molecule is C=C(C)[C@]12C[C@@H](C)[C@@]34OC(c5ccccc5)(O[C@@H]1[C@@H]3[C@@H]1O[C@]1(CO)[C@@H](O)[C@@]1(O)[C@H]4C[C@H](C)[C@@H]1C(=O)O/C=C/c1ccccc1)O2. The molecular formula is C36H40O9. The van der Waals surface area contributed by atoms with E-state index in [-0.39, 0.29) is 5.92 Å². The van der Waals surface area contributed by atoms with Crippen LogP contribution in [0, 0.1) is 29.6 Å². The first-order valence-electron chi connectivity index (χ1n) is 15.9. The van der Waals surface area contributed by atoms with Crippen LogP contribution in [0.2, 0.25) is 0 Å². The third kappa shape index (κ3) is 3.55. The van der Waals surface area contributed by atoms with Crippen molar-refractivity contribution in [2.24, 2.45) is 29.6 Å². The summed E-state index contributed by atoms with van der Waals surface area (Å²) in [5.41, 5.74) is -3.40. The minimum Gasteiger partial charge on any atom is -0.434 e. The maximum atomic E-state index is 13.9. The molecule has 1 unspecified atom stereocenters. The van der Waals surface area contributed by atoms with Gasteiger partial charge < -0.3 is 39.0 Å². The standard InChI is InChI=1S/C36H40O9/c1-20(2)32-18-22(4)35-25-17-21(3)26(30(38)41-16-15-23-11-7-5-8-12-23)34(25,40)31(39)33(19-37)29(42-33)27(35)28(32)43-36(44-32,45-35)24-13-9-6-10-14-24/h5-16,21-22,25-29,31,37,39-40H,1,17-19H2,2-4H3/b16-15+/t21-,22+,25+,26+,27+,28+,29-,31+,32+,33-,34+,35-,36?/m0/s1. The number of benzene rings is 2. The summed E-state index contributed by atoms with van der Waals surface area (Å²) in [5, 5.41) is 36.0. The first kappa shape index (κ1) is 29.5.